The first-order valence-electron chi connectivity index (χ1n) is 21.0. The second-order valence-electron chi connectivity index (χ2n) is 17.4. The largest absolute Gasteiger partial charge is 0.481 e. The van der Waals surface area contributed by atoms with Crippen molar-refractivity contribution in [3.05, 3.63) is 95.6 Å². The summed E-state index contributed by atoms with van der Waals surface area (Å²) >= 11 is 0. The molecule has 2 heterocycles. The van der Waals surface area contributed by atoms with Crippen LogP contribution in [-0.2, 0) is 48.2 Å². The minimum Gasteiger partial charge on any atom is -0.481 e. The van der Waals surface area contributed by atoms with Gasteiger partial charge in [0, 0.05) is 56.5 Å². The lowest BCUT2D eigenvalue weighted by atomic mass is 9.76. The maximum absolute atomic E-state index is 14.9. The van der Waals surface area contributed by atoms with Gasteiger partial charge in [-0.2, -0.15) is 0 Å². The Labute approximate surface area is 347 Å². The Morgan fingerprint density at radius 3 is 2.15 bits per heavy atom. The van der Waals surface area contributed by atoms with E-state index in [0.29, 0.717) is 6.42 Å². The highest BCUT2D eigenvalue weighted by Crippen LogP contribution is 2.35. The van der Waals surface area contributed by atoms with Crippen LogP contribution in [0.4, 0.5) is 0 Å². The number of ketones is 4. The minimum absolute atomic E-state index is 0.0591. The number of hydrogen-bond donors (Lipinski definition) is 2. The Morgan fingerprint density at radius 2 is 1.53 bits per heavy atom. The maximum atomic E-state index is 14.9. The minimum atomic E-state index is -1.18. The number of aliphatic carboxylic acids is 1. The number of hydrogen-bond acceptors (Lipinski definition) is 9. The van der Waals surface area contributed by atoms with Crippen molar-refractivity contribution in [3.8, 4) is 0 Å². The molecule has 5 rings (SSSR count). The fraction of sp³-hybridized carbons (Fsp3) is 0.511. The Balaban J connectivity index is 1.38. The van der Waals surface area contributed by atoms with Gasteiger partial charge in [0.15, 0.2) is 17.3 Å². The molecule has 1 saturated carbocycles. The molecule has 5 atom stereocenters. The summed E-state index contributed by atoms with van der Waals surface area (Å²) in [4.78, 5) is 106. The molecule has 2 amide bonds. The molecule has 2 N–H and O–H groups in total. The van der Waals surface area contributed by atoms with Crippen LogP contribution in [-0.4, -0.2) is 73.0 Å². The molecule has 3 aromatic rings. The van der Waals surface area contributed by atoms with Gasteiger partial charge in [0.05, 0.1) is 18.2 Å². The Morgan fingerprint density at radius 1 is 0.847 bits per heavy atom. The summed E-state index contributed by atoms with van der Waals surface area (Å²) in [6.45, 7) is 7.46. The number of Topliss-reactive ketones (excluding diaryl/α,β-unsaturated/α-hetero) is 4. The lowest BCUT2D eigenvalue weighted by Gasteiger charge is -2.42. The van der Waals surface area contributed by atoms with Crippen LogP contribution in [0.3, 0.4) is 0 Å². The van der Waals surface area contributed by atoms with Crippen molar-refractivity contribution < 1.29 is 38.7 Å². The average Bonchev–Trinajstić information content (AvgIpc) is 3.23. The number of nitrogens with one attached hydrogen (secondary N) is 1. The van der Waals surface area contributed by atoms with E-state index in [-0.39, 0.29) is 61.8 Å². The quantitative estimate of drug-likeness (QED) is 0.0993. The van der Waals surface area contributed by atoms with E-state index in [9.17, 15) is 38.7 Å². The highest BCUT2D eigenvalue weighted by Gasteiger charge is 2.44. The third-order valence-electron chi connectivity index (χ3n) is 11.9. The van der Waals surface area contributed by atoms with Gasteiger partial charge >= 0.3 is 5.97 Å². The van der Waals surface area contributed by atoms with Gasteiger partial charge in [0.2, 0.25) is 17.6 Å². The van der Waals surface area contributed by atoms with Crippen molar-refractivity contribution in [2.75, 3.05) is 0 Å². The number of rotatable bonds is 19. The zero-order chi connectivity index (χ0) is 42.7. The third kappa shape index (κ3) is 11.9. The summed E-state index contributed by atoms with van der Waals surface area (Å²) < 4.78 is 0. The summed E-state index contributed by atoms with van der Waals surface area (Å²) in [6.07, 6.45) is 8.92. The molecule has 2 aromatic carbocycles. The fourth-order valence-corrected chi connectivity index (χ4v) is 8.61. The molecule has 12 heteroatoms. The molecule has 0 spiro atoms. The topological polar surface area (TPSA) is 181 Å². The number of fused-ring (bicyclic) bond motifs is 1. The van der Waals surface area contributed by atoms with Gasteiger partial charge in [-0.1, -0.05) is 108 Å². The molecular formula is C47H58N4O8. The van der Waals surface area contributed by atoms with Gasteiger partial charge in [0.1, 0.15) is 11.7 Å². The van der Waals surface area contributed by atoms with Crippen molar-refractivity contribution in [3.63, 3.8) is 0 Å². The Bertz CT molecular complexity index is 1970. The molecule has 59 heavy (non-hydrogen) atoms. The van der Waals surface area contributed by atoms with E-state index < -0.39 is 71.0 Å². The zero-order valence-electron chi connectivity index (χ0n) is 34.7. The van der Waals surface area contributed by atoms with Crippen molar-refractivity contribution in [2.24, 2.45) is 29.1 Å². The highest BCUT2D eigenvalue weighted by atomic mass is 16.4. The van der Waals surface area contributed by atoms with Crippen molar-refractivity contribution in [2.45, 2.75) is 123 Å². The number of carbonyl (C=O) groups is 7. The molecule has 12 nitrogen and oxygen atoms in total. The van der Waals surface area contributed by atoms with Gasteiger partial charge < -0.3 is 15.3 Å². The first-order valence-corrected chi connectivity index (χ1v) is 21.0. The van der Waals surface area contributed by atoms with E-state index in [2.05, 4.69) is 15.3 Å². The zero-order valence-corrected chi connectivity index (χ0v) is 34.7. The summed E-state index contributed by atoms with van der Waals surface area (Å²) in [5.41, 5.74) is 1.83. The number of aromatic nitrogens is 2. The van der Waals surface area contributed by atoms with Gasteiger partial charge in [0.25, 0.3) is 0 Å². The Kier molecular flexibility index (Phi) is 15.6. The molecule has 1 aliphatic carbocycles. The summed E-state index contributed by atoms with van der Waals surface area (Å²) in [6, 6.07) is 14.4. The third-order valence-corrected chi connectivity index (χ3v) is 11.9. The van der Waals surface area contributed by atoms with Crippen LogP contribution in [0.2, 0.25) is 0 Å². The SMILES string of the molecule is CCC[C@@H](CC(=O)C1Cc2ccccc2CN1C(=O)[C@@H](NC(=O)[C@H](CC(=O)c1cnccn1)C1CCCCC1)C(C)(C)C)C(=O)C(=O)C[C@H](Cc1ccccc1)C(=O)O. The summed E-state index contributed by atoms with van der Waals surface area (Å²) in [7, 11) is 0. The molecule has 1 fully saturated rings. The second-order valence-corrected chi connectivity index (χ2v) is 17.4. The number of nitrogens with zero attached hydrogens (tertiary/aromatic N) is 3. The number of amides is 2. The van der Waals surface area contributed by atoms with E-state index in [1.54, 1.807) is 30.3 Å². The predicted molar refractivity (Wildman–Crippen MR) is 221 cm³/mol. The first kappa shape index (κ1) is 44.7. The number of carboxylic acid groups (broad SMARTS) is 1. The van der Waals surface area contributed by atoms with Crippen LogP contribution in [0, 0.1) is 29.1 Å². The number of benzene rings is 2. The van der Waals surface area contributed by atoms with E-state index in [1.165, 1.54) is 23.5 Å². The van der Waals surface area contributed by atoms with Crippen molar-refractivity contribution in [1.82, 2.24) is 20.2 Å². The van der Waals surface area contributed by atoms with E-state index in [0.717, 1.165) is 48.8 Å². The normalized spacial score (nSPS) is 17.8. The predicted octanol–water partition coefficient (Wildman–Crippen LogP) is 6.58. The molecule has 0 saturated heterocycles. The fourth-order valence-electron chi connectivity index (χ4n) is 8.61. The average molecular weight is 807 g/mol. The van der Waals surface area contributed by atoms with Crippen LogP contribution in [0.15, 0.2) is 73.2 Å². The smallest absolute Gasteiger partial charge is 0.307 e. The Hall–Kier alpha value is -5.39. The monoisotopic (exact) mass is 806 g/mol. The maximum Gasteiger partial charge on any atom is 0.307 e. The van der Waals surface area contributed by atoms with Crippen LogP contribution >= 0.6 is 0 Å². The van der Waals surface area contributed by atoms with Gasteiger partial charge in [-0.3, -0.25) is 38.5 Å². The molecule has 0 radical (unpaired) electrons. The summed E-state index contributed by atoms with van der Waals surface area (Å²) in [5, 5.41) is 13.0. The number of carboxylic acids is 1. The summed E-state index contributed by atoms with van der Waals surface area (Å²) in [5.74, 6) is -7.20. The van der Waals surface area contributed by atoms with E-state index in [1.807, 2.05) is 52.0 Å². The molecule has 1 unspecified atom stereocenters. The van der Waals surface area contributed by atoms with Crippen LogP contribution in [0.1, 0.15) is 119 Å². The molecule has 2 aliphatic rings. The van der Waals surface area contributed by atoms with Crippen LogP contribution in [0.25, 0.3) is 0 Å². The van der Waals surface area contributed by atoms with Gasteiger partial charge in [-0.05, 0) is 53.7 Å². The van der Waals surface area contributed by atoms with E-state index >= 15 is 0 Å². The van der Waals surface area contributed by atoms with Gasteiger partial charge in [-0.15, -0.1) is 0 Å². The lowest BCUT2D eigenvalue weighted by molar-refractivity contribution is -0.148. The van der Waals surface area contributed by atoms with Crippen LogP contribution < -0.4 is 5.32 Å². The molecule has 1 aliphatic heterocycles. The van der Waals surface area contributed by atoms with Crippen molar-refractivity contribution in [1.29, 1.82) is 0 Å². The number of carbonyl (C=O) groups excluding carboxylic acids is 6. The lowest BCUT2D eigenvalue weighted by Crippen LogP contribution is -2.60. The van der Waals surface area contributed by atoms with Crippen LogP contribution in [0.5, 0.6) is 0 Å². The molecular weight excluding hydrogens is 749 g/mol. The molecule has 0 bridgehead atoms. The molecule has 1 aromatic heterocycles. The van der Waals surface area contributed by atoms with E-state index in [4.69, 9.17) is 0 Å². The first-order chi connectivity index (χ1) is 28.2. The standard InChI is InChI=1S/C47H58N4O8/c1-5-14-33(42(55)41(54)26-35(46(58)59)23-30-15-8-6-9-16-30)25-40(53)38-24-32-19-12-13-20-34(32)29-51(38)45(57)43(47(2,3)4)50-44(56)36(31-17-10-7-11-18-31)27-39(52)37-28-48-21-22-49-37/h6,8-9,12-13,15-16,19-22,28,31,33,35-36,38,43H,5,7,10-11,14,17-18,23-27,29H2,1-4H3,(H,50,56)(H,58,59)/t33-,35-,36+,38?,43+/m0/s1. The van der Waals surface area contributed by atoms with Gasteiger partial charge in [-0.25, -0.2) is 4.98 Å². The van der Waals surface area contributed by atoms with Crippen molar-refractivity contribution >= 4 is 40.9 Å². The highest BCUT2D eigenvalue weighted by molar-refractivity contribution is 6.38. The molecule has 314 valence electrons. The second kappa shape index (κ2) is 20.5.